The van der Waals surface area contributed by atoms with Gasteiger partial charge in [0.15, 0.2) is 0 Å². The van der Waals surface area contributed by atoms with Gasteiger partial charge in [0.25, 0.3) is 0 Å². The molecule has 0 bridgehead atoms. The smallest absolute Gasteiger partial charge is 0.307 e. The predicted octanol–water partition coefficient (Wildman–Crippen LogP) is 1.56. The standard InChI is InChI=1S/C7H12O2S/c8-7(9)5-3-1-2-4-6(5)10/h5-6,10H,1-4H2,(H,8,9)/t5-,6-/m1/s1. The third-order valence-corrected chi connectivity index (χ3v) is 2.66. The van der Waals surface area contributed by atoms with Gasteiger partial charge in [0.2, 0.25) is 0 Å². The lowest BCUT2D eigenvalue weighted by Gasteiger charge is -2.23. The van der Waals surface area contributed by atoms with Crippen LogP contribution < -0.4 is 0 Å². The monoisotopic (exact) mass is 160 g/mol. The molecule has 10 heavy (non-hydrogen) atoms. The van der Waals surface area contributed by atoms with Gasteiger partial charge in [-0.2, -0.15) is 12.6 Å². The Hall–Kier alpha value is -0.180. The summed E-state index contributed by atoms with van der Waals surface area (Å²) >= 11 is 4.21. The molecule has 0 saturated heterocycles. The third-order valence-electron chi connectivity index (χ3n) is 2.05. The maximum atomic E-state index is 10.5. The zero-order valence-electron chi connectivity index (χ0n) is 5.79. The Kier molecular flexibility index (Phi) is 2.60. The minimum absolute atomic E-state index is 0.0891. The number of carboxylic acid groups (broad SMARTS) is 1. The minimum atomic E-state index is -0.681. The van der Waals surface area contributed by atoms with Crippen LogP contribution in [0.5, 0.6) is 0 Å². The van der Waals surface area contributed by atoms with Gasteiger partial charge in [-0.05, 0) is 12.8 Å². The maximum absolute atomic E-state index is 10.5. The molecule has 1 fully saturated rings. The Labute approximate surface area is 66.0 Å². The summed E-state index contributed by atoms with van der Waals surface area (Å²) in [6.45, 7) is 0. The average Bonchev–Trinajstić information content (AvgIpc) is 1.88. The number of hydrogen-bond donors (Lipinski definition) is 2. The lowest BCUT2D eigenvalue weighted by Crippen LogP contribution is -2.27. The SMILES string of the molecule is O=C(O)[C@@H]1CCCC[C@H]1S. The van der Waals surface area contributed by atoms with Crippen LogP contribution in [0.2, 0.25) is 0 Å². The molecule has 1 saturated carbocycles. The van der Waals surface area contributed by atoms with Gasteiger partial charge >= 0.3 is 5.97 Å². The van der Waals surface area contributed by atoms with Gasteiger partial charge in [-0.3, -0.25) is 4.79 Å². The van der Waals surface area contributed by atoms with E-state index >= 15 is 0 Å². The molecule has 1 rings (SSSR count). The van der Waals surface area contributed by atoms with Crippen molar-refractivity contribution < 1.29 is 9.90 Å². The van der Waals surface area contributed by atoms with Crippen molar-refractivity contribution in [1.29, 1.82) is 0 Å². The Morgan fingerprint density at radius 1 is 1.40 bits per heavy atom. The molecule has 2 atom stereocenters. The van der Waals surface area contributed by atoms with Crippen molar-refractivity contribution in [2.75, 3.05) is 0 Å². The molecule has 0 unspecified atom stereocenters. The van der Waals surface area contributed by atoms with Crippen LogP contribution in [0, 0.1) is 5.92 Å². The number of carboxylic acids is 1. The van der Waals surface area contributed by atoms with E-state index in [1.165, 1.54) is 0 Å². The van der Waals surface area contributed by atoms with Crippen LogP contribution in [0.4, 0.5) is 0 Å². The van der Waals surface area contributed by atoms with Crippen molar-refractivity contribution >= 4 is 18.6 Å². The van der Waals surface area contributed by atoms with E-state index in [9.17, 15) is 4.79 Å². The molecule has 1 N–H and O–H groups in total. The summed E-state index contributed by atoms with van der Waals surface area (Å²) in [5.74, 6) is -0.878. The second-order valence-corrected chi connectivity index (χ2v) is 3.46. The number of rotatable bonds is 1. The van der Waals surface area contributed by atoms with Gasteiger partial charge in [0.1, 0.15) is 0 Å². The van der Waals surface area contributed by atoms with Gasteiger partial charge in [-0.1, -0.05) is 12.8 Å². The molecule has 1 aliphatic carbocycles. The van der Waals surface area contributed by atoms with Crippen LogP contribution >= 0.6 is 12.6 Å². The molecule has 0 aromatic rings. The Morgan fingerprint density at radius 2 is 2.00 bits per heavy atom. The molecule has 2 nitrogen and oxygen atoms in total. The van der Waals surface area contributed by atoms with E-state index in [1.807, 2.05) is 0 Å². The summed E-state index contributed by atoms with van der Waals surface area (Å²) < 4.78 is 0. The minimum Gasteiger partial charge on any atom is -0.481 e. The molecule has 0 amide bonds. The maximum Gasteiger partial charge on any atom is 0.307 e. The Morgan fingerprint density at radius 3 is 2.40 bits per heavy atom. The largest absolute Gasteiger partial charge is 0.481 e. The van der Waals surface area contributed by atoms with Crippen molar-refractivity contribution in [2.24, 2.45) is 5.92 Å². The second-order valence-electron chi connectivity index (χ2n) is 2.80. The molecule has 0 aromatic heterocycles. The van der Waals surface area contributed by atoms with Crippen molar-refractivity contribution in [3.63, 3.8) is 0 Å². The lowest BCUT2D eigenvalue weighted by atomic mass is 9.89. The summed E-state index contributed by atoms with van der Waals surface area (Å²) in [6.07, 6.45) is 3.95. The first-order valence-electron chi connectivity index (χ1n) is 3.62. The highest BCUT2D eigenvalue weighted by Crippen LogP contribution is 2.28. The number of hydrogen-bond acceptors (Lipinski definition) is 2. The van der Waals surface area contributed by atoms with Crippen LogP contribution in [0.3, 0.4) is 0 Å². The van der Waals surface area contributed by atoms with E-state index in [0.29, 0.717) is 0 Å². The van der Waals surface area contributed by atoms with Crippen LogP contribution in [-0.4, -0.2) is 16.3 Å². The van der Waals surface area contributed by atoms with E-state index in [0.717, 1.165) is 25.7 Å². The van der Waals surface area contributed by atoms with Crippen molar-refractivity contribution in [3.8, 4) is 0 Å². The molecule has 0 aromatic carbocycles. The summed E-state index contributed by atoms with van der Waals surface area (Å²) in [6, 6.07) is 0. The third kappa shape index (κ3) is 1.66. The van der Waals surface area contributed by atoms with E-state index in [-0.39, 0.29) is 11.2 Å². The van der Waals surface area contributed by atoms with Gasteiger partial charge in [-0.25, -0.2) is 0 Å². The van der Waals surface area contributed by atoms with Crippen molar-refractivity contribution in [2.45, 2.75) is 30.9 Å². The summed E-state index contributed by atoms with van der Waals surface area (Å²) in [5, 5.41) is 8.75. The molecule has 58 valence electrons. The fourth-order valence-electron chi connectivity index (χ4n) is 1.40. The van der Waals surface area contributed by atoms with E-state index in [1.54, 1.807) is 0 Å². The van der Waals surface area contributed by atoms with Crippen LogP contribution in [-0.2, 0) is 4.79 Å². The molecular weight excluding hydrogens is 148 g/mol. The molecule has 3 heteroatoms. The van der Waals surface area contributed by atoms with Crippen LogP contribution in [0.15, 0.2) is 0 Å². The highest BCUT2D eigenvalue weighted by molar-refractivity contribution is 7.81. The van der Waals surface area contributed by atoms with Crippen molar-refractivity contribution in [3.05, 3.63) is 0 Å². The lowest BCUT2D eigenvalue weighted by molar-refractivity contribution is -0.142. The topological polar surface area (TPSA) is 37.3 Å². The van der Waals surface area contributed by atoms with Crippen LogP contribution in [0.25, 0.3) is 0 Å². The molecule has 0 spiro atoms. The first-order chi connectivity index (χ1) is 4.72. The molecular formula is C7H12O2S. The van der Waals surface area contributed by atoms with Gasteiger partial charge in [-0.15, -0.1) is 0 Å². The number of thiol groups is 1. The first kappa shape index (κ1) is 7.92. The van der Waals surface area contributed by atoms with Crippen molar-refractivity contribution in [1.82, 2.24) is 0 Å². The fourth-order valence-corrected chi connectivity index (χ4v) is 1.86. The van der Waals surface area contributed by atoms with Crippen LogP contribution in [0.1, 0.15) is 25.7 Å². The average molecular weight is 160 g/mol. The molecule has 0 aliphatic heterocycles. The Balaban J connectivity index is 2.47. The zero-order chi connectivity index (χ0) is 7.56. The predicted molar refractivity (Wildman–Crippen MR) is 42.4 cm³/mol. The second kappa shape index (κ2) is 3.28. The summed E-state index contributed by atoms with van der Waals surface area (Å²) in [5.41, 5.74) is 0. The van der Waals surface area contributed by atoms with Gasteiger partial charge < -0.3 is 5.11 Å². The van der Waals surface area contributed by atoms with Gasteiger partial charge in [0.05, 0.1) is 5.92 Å². The molecule has 0 radical (unpaired) electrons. The molecule has 1 aliphatic rings. The van der Waals surface area contributed by atoms with E-state index in [4.69, 9.17) is 5.11 Å². The fraction of sp³-hybridized carbons (Fsp3) is 0.857. The first-order valence-corrected chi connectivity index (χ1v) is 4.14. The highest BCUT2D eigenvalue weighted by atomic mass is 32.1. The molecule has 0 heterocycles. The highest BCUT2D eigenvalue weighted by Gasteiger charge is 2.27. The quantitative estimate of drug-likeness (QED) is 0.571. The normalized spacial score (nSPS) is 33.7. The summed E-state index contributed by atoms with van der Waals surface area (Å²) in [4.78, 5) is 10.5. The van der Waals surface area contributed by atoms with E-state index in [2.05, 4.69) is 12.6 Å². The Bertz CT molecular complexity index is 136. The van der Waals surface area contributed by atoms with E-state index < -0.39 is 5.97 Å². The zero-order valence-corrected chi connectivity index (χ0v) is 6.68. The number of carbonyl (C=O) groups is 1. The number of aliphatic carboxylic acids is 1. The van der Waals surface area contributed by atoms with Gasteiger partial charge in [0, 0.05) is 5.25 Å². The summed E-state index contributed by atoms with van der Waals surface area (Å²) in [7, 11) is 0.